The van der Waals surface area contributed by atoms with E-state index < -0.39 is 0 Å². The first-order valence-corrected chi connectivity index (χ1v) is 4.37. The molecule has 3 rings (SSSR count). The summed E-state index contributed by atoms with van der Waals surface area (Å²) in [6.07, 6.45) is 0. The van der Waals surface area contributed by atoms with Crippen LogP contribution in [-0.4, -0.2) is 13.7 Å². The van der Waals surface area contributed by atoms with Gasteiger partial charge in [0, 0.05) is 10.9 Å². The highest BCUT2D eigenvalue weighted by Crippen LogP contribution is 2.22. The minimum atomic E-state index is 0.890. The molecule has 1 aromatic carbocycles. The number of nitrogens with one attached hydrogen (secondary N) is 1. The summed E-state index contributed by atoms with van der Waals surface area (Å²) in [5.74, 6) is 0. The van der Waals surface area contributed by atoms with Crippen LogP contribution < -0.4 is 0 Å². The van der Waals surface area contributed by atoms with Gasteiger partial charge in [-0.15, -0.1) is 0 Å². The number of hydrogen-bond acceptors (Lipinski definition) is 3. The Kier molecular flexibility index (Phi) is 1.04. The van der Waals surface area contributed by atoms with Crippen molar-refractivity contribution in [3.8, 4) is 0 Å². The first-order valence-electron chi connectivity index (χ1n) is 3.64. The second-order valence-corrected chi connectivity index (χ2v) is 3.16. The summed E-state index contributed by atoms with van der Waals surface area (Å²) in [5, 5.41) is 1.15. The minimum Gasteiger partial charge on any atom is -0.337 e. The number of aromatic nitrogens is 3. The van der Waals surface area contributed by atoms with E-state index in [1.165, 1.54) is 11.7 Å². The molecule has 0 aliphatic rings. The molecule has 0 saturated carbocycles. The van der Waals surface area contributed by atoms with Crippen molar-refractivity contribution in [2.75, 3.05) is 0 Å². The minimum absolute atomic E-state index is 0.890. The van der Waals surface area contributed by atoms with Crippen LogP contribution in [0, 0.1) is 0 Å². The Balaban J connectivity index is 2.68. The highest BCUT2D eigenvalue weighted by atomic mass is 32.1. The molecule has 2 aromatic heterocycles. The molecular formula is C8H5N3S. The second-order valence-electron chi connectivity index (χ2n) is 2.63. The summed E-state index contributed by atoms with van der Waals surface area (Å²) in [6, 6.07) is 8.09. The van der Waals surface area contributed by atoms with Gasteiger partial charge in [-0.1, -0.05) is 18.2 Å². The van der Waals surface area contributed by atoms with Gasteiger partial charge in [0.1, 0.15) is 5.52 Å². The van der Waals surface area contributed by atoms with E-state index >= 15 is 0 Å². The fraction of sp³-hybridized carbons (Fsp3) is 0. The van der Waals surface area contributed by atoms with Gasteiger partial charge in [0.25, 0.3) is 0 Å². The van der Waals surface area contributed by atoms with Crippen molar-refractivity contribution < 1.29 is 0 Å². The van der Waals surface area contributed by atoms with Crippen molar-refractivity contribution in [1.82, 2.24) is 13.7 Å². The Hall–Kier alpha value is -1.42. The molecule has 2 heterocycles. The highest BCUT2D eigenvalue weighted by Gasteiger charge is 2.05. The fourth-order valence-corrected chi connectivity index (χ4v) is 1.89. The SMILES string of the molecule is c1ccc2c(c1)[nH]c1nsnc12. The molecule has 0 radical (unpaired) electrons. The number of rotatable bonds is 0. The van der Waals surface area contributed by atoms with Gasteiger partial charge in [0.15, 0.2) is 5.65 Å². The van der Waals surface area contributed by atoms with Gasteiger partial charge >= 0.3 is 0 Å². The third kappa shape index (κ3) is 0.648. The van der Waals surface area contributed by atoms with Crippen molar-refractivity contribution in [2.45, 2.75) is 0 Å². The zero-order chi connectivity index (χ0) is 7.97. The van der Waals surface area contributed by atoms with Crippen molar-refractivity contribution in [2.24, 2.45) is 0 Å². The highest BCUT2D eigenvalue weighted by molar-refractivity contribution is 7.00. The van der Waals surface area contributed by atoms with Crippen LogP contribution in [0.4, 0.5) is 0 Å². The van der Waals surface area contributed by atoms with Gasteiger partial charge in [0.05, 0.1) is 11.7 Å². The molecular weight excluding hydrogens is 170 g/mol. The van der Waals surface area contributed by atoms with E-state index in [2.05, 4.69) is 19.8 Å². The average Bonchev–Trinajstić information content (AvgIpc) is 2.62. The van der Waals surface area contributed by atoms with Gasteiger partial charge in [0.2, 0.25) is 0 Å². The van der Waals surface area contributed by atoms with E-state index in [4.69, 9.17) is 0 Å². The van der Waals surface area contributed by atoms with E-state index in [0.717, 1.165) is 22.1 Å². The van der Waals surface area contributed by atoms with Crippen molar-refractivity contribution in [1.29, 1.82) is 0 Å². The zero-order valence-electron chi connectivity index (χ0n) is 6.11. The molecule has 3 nitrogen and oxygen atoms in total. The third-order valence-electron chi connectivity index (χ3n) is 1.92. The number of para-hydroxylation sites is 1. The van der Waals surface area contributed by atoms with Gasteiger partial charge in [-0.2, -0.15) is 8.75 Å². The van der Waals surface area contributed by atoms with Gasteiger partial charge in [-0.05, 0) is 6.07 Å². The summed E-state index contributed by atoms with van der Waals surface area (Å²) >= 11 is 1.24. The lowest BCUT2D eigenvalue weighted by atomic mass is 10.2. The number of hydrogen-bond donors (Lipinski definition) is 1. The Morgan fingerprint density at radius 2 is 2.08 bits per heavy atom. The van der Waals surface area contributed by atoms with E-state index in [1.807, 2.05) is 18.2 Å². The lowest BCUT2D eigenvalue weighted by Crippen LogP contribution is -1.65. The van der Waals surface area contributed by atoms with Crippen molar-refractivity contribution in [3.05, 3.63) is 24.3 Å². The number of H-pyrrole nitrogens is 1. The number of nitrogens with zero attached hydrogens (tertiary/aromatic N) is 2. The molecule has 0 aliphatic carbocycles. The van der Waals surface area contributed by atoms with Crippen LogP contribution in [0.5, 0.6) is 0 Å². The predicted octanol–water partition coefficient (Wildman–Crippen LogP) is 2.17. The summed E-state index contributed by atoms with van der Waals surface area (Å²) in [5.41, 5.74) is 2.98. The number of aromatic amines is 1. The van der Waals surface area contributed by atoms with Crippen LogP contribution in [0.1, 0.15) is 0 Å². The number of benzene rings is 1. The number of fused-ring (bicyclic) bond motifs is 3. The fourth-order valence-electron chi connectivity index (χ4n) is 1.37. The van der Waals surface area contributed by atoms with E-state index in [0.29, 0.717) is 0 Å². The Morgan fingerprint density at radius 3 is 3.08 bits per heavy atom. The smallest absolute Gasteiger partial charge is 0.172 e. The van der Waals surface area contributed by atoms with Crippen LogP contribution in [0.3, 0.4) is 0 Å². The summed E-state index contributed by atoms with van der Waals surface area (Å²) in [4.78, 5) is 3.19. The van der Waals surface area contributed by atoms with E-state index in [9.17, 15) is 0 Å². The molecule has 0 unspecified atom stereocenters. The summed E-state index contributed by atoms with van der Waals surface area (Å²) in [7, 11) is 0. The van der Waals surface area contributed by atoms with Crippen LogP contribution in [-0.2, 0) is 0 Å². The molecule has 0 amide bonds. The Labute approximate surface area is 72.4 Å². The molecule has 4 heteroatoms. The van der Waals surface area contributed by atoms with Gasteiger partial charge in [-0.25, -0.2) is 0 Å². The Morgan fingerprint density at radius 1 is 1.17 bits per heavy atom. The molecule has 1 N–H and O–H groups in total. The first kappa shape index (κ1) is 6.14. The second kappa shape index (κ2) is 2.04. The first-order chi connectivity index (χ1) is 5.95. The molecule has 0 saturated heterocycles. The standard InChI is InChI=1S/C8H5N3S/c1-2-4-6-5(3-1)7-8(9-6)11-12-10-7/h1-4H,(H,9,11). The molecule has 12 heavy (non-hydrogen) atoms. The van der Waals surface area contributed by atoms with Crippen LogP contribution in [0.25, 0.3) is 22.1 Å². The summed E-state index contributed by atoms with van der Waals surface area (Å²) < 4.78 is 8.34. The predicted molar refractivity (Wildman–Crippen MR) is 49.3 cm³/mol. The van der Waals surface area contributed by atoms with Crippen molar-refractivity contribution in [3.63, 3.8) is 0 Å². The molecule has 3 aromatic rings. The molecule has 0 atom stereocenters. The Bertz CT molecular complexity index is 536. The van der Waals surface area contributed by atoms with Crippen LogP contribution in [0.2, 0.25) is 0 Å². The van der Waals surface area contributed by atoms with E-state index in [1.54, 1.807) is 0 Å². The normalized spacial score (nSPS) is 11.3. The summed E-state index contributed by atoms with van der Waals surface area (Å²) in [6.45, 7) is 0. The zero-order valence-corrected chi connectivity index (χ0v) is 6.93. The molecule has 0 aliphatic heterocycles. The third-order valence-corrected chi connectivity index (χ3v) is 2.45. The monoisotopic (exact) mass is 175 g/mol. The average molecular weight is 175 g/mol. The quantitative estimate of drug-likeness (QED) is 0.569. The van der Waals surface area contributed by atoms with Crippen molar-refractivity contribution >= 4 is 33.8 Å². The lowest BCUT2D eigenvalue weighted by Gasteiger charge is -1.84. The molecule has 58 valence electrons. The van der Waals surface area contributed by atoms with Crippen LogP contribution >= 0.6 is 11.7 Å². The van der Waals surface area contributed by atoms with Gasteiger partial charge < -0.3 is 4.98 Å². The molecule has 0 spiro atoms. The molecule has 0 bridgehead atoms. The maximum atomic E-state index is 4.21. The van der Waals surface area contributed by atoms with Gasteiger partial charge in [-0.3, -0.25) is 0 Å². The topological polar surface area (TPSA) is 41.6 Å². The van der Waals surface area contributed by atoms with E-state index in [-0.39, 0.29) is 0 Å². The maximum absolute atomic E-state index is 4.21. The largest absolute Gasteiger partial charge is 0.337 e. The molecule has 0 fully saturated rings. The van der Waals surface area contributed by atoms with Crippen LogP contribution in [0.15, 0.2) is 24.3 Å². The lowest BCUT2D eigenvalue weighted by molar-refractivity contribution is 1.47. The maximum Gasteiger partial charge on any atom is 0.172 e.